The van der Waals surface area contributed by atoms with Crippen molar-refractivity contribution in [2.45, 2.75) is 13.0 Å². The molecular weight excluding hydrogens is 260 g/mol. The van der Waals surface area contributed by atoms with Crippen molar-refractivity contribution in [1.29, 1.82) is 5.26 Å². The van der Waals surface area contributed by atoms with Gasteiger partial charge in [0, 0.05) is 0 Å². The summed E-state index contributed by atoms with van der Waals surface area (Å²) in [5, 5.41) is 18.1. The molecule has 2 rings (SSSR count). The van der Waals surface area contributed by atoms with Crippen molar-refractivity contribution in [2.24, 2.45) is 5.92 Å². The summed E-state index contributed by atoms with van der Waals surface area (Å²) < 4.78 is 0. The number of nitrogens with zero attached hydrogens (tertiary/aromatic N) is 2. The highest BCUT2D eigenvalue weighted by Crippen LogP contribution is 2.36. The van der Waals surface area contributed by atoms with E-state index in [9.17, 15) is 19.5 Å². The Hall–Kier alpha value is -2.68. The number of carbonyl (C=O) groups excluding carboxylic acids is 3. The van der Waals surface area contributed by atoms with Gasteiger partial charge in [0.1, 0.15) is 24.0 Å². The lowest BCUT2D eigenvalue weighted by Crippen LogP contribution is -2.30. The maximum atomic E-state index is 11.9. The number of nitriles is 1. The van der Waals surface area contributed by atoms with Crippen LogP contribution in [0.25, 0.3) is 0 Å². The first kappa shape index (κ1) is 13.7. The zero-order valence-corrected chi connectivity index (χ0v) is 10.7. The van der Waals surface area contributed by atoms with Gasteiger partial charge >= 0.3 is 0 Å². The Balaban J connectivity index is 2.50. The third kappa shape index (κ3) is 2.14. The molecular formula is C14H12N2O4. The summed E-state index contributed by atoms with van der Waals surface area (Å²) in [6.07, 6.45) is 0. The van der Waals surface area contributed by atoms with Gasteiger partial charge in [0.25, 0.3) is 5.91 Å². The first-order valence-electron chi connectivity index (χ1n) is 5.98. The van der Waals surface area contributed by atoms with Gasteiger partial charge in [-0.1, -0.05) is 12.1 Å². The Bertz CT molecular complexity index is 615. The van der Waals surface area contributed by atoms with Gasteiger partial charge in [0.15, 0.2) is 0 Å². The third-order valence-electron chi connectivity index (χ3n) is 3.32. The molecule has 1 saturated heterocycles. The number of phenolic OH excluding ortho intramolecular Hbond substituents is 1. The fourth-order valence-corrected chi connectivity index (χ4v) is 2.42. The molecule has 102 valence electrons. The maximum Gasteiger partial charge on any atom is 0.292 e. The highest BCUT2D eigenvalue weighted by molar-refractivity contribution is 6.42. The van der Waals surface area contributed by atoms with Gasteiger partial charge in [-0.3, -0.25) is 14.4 Å². The number of hydrogen-bond donors (Lipinski definition) is 1. The molecule has 2 unspecified atom stereocenters. The van der Waals surface area contributed by atoms with Crippen molar-refractivity contribution < 1.29 is 19.5 Å². The standard InChI is InChI=1S/C14H12N2O4/c1-8(17)11-12(9-2-4-10(18)5-3-9)16(7-6-15)14(20)13(11)19/h2-5,11-12,18H,7H2,1H3. The molecule has 1 aromatic rings. The van der Waals surface area contributed by atoms with E-state index < -0.39 is 29.4 Å². The molecule has 1 heterocycles. The van der Waals surface area contributed by atoms with Crippen molar-refractivity contribution in [3.63, 3.8) is 0 Å². The molecule has 1 aromatic carbocycles. The molecule has 0 bridgehead atoms. The van der Waals surface area contributed by atoms with Crippen LogP contribution in [-0.4, -0.2) is 34.0 Å². The van der Waals surface area contributed by atoms with Crippen LogP contribution in [0.3, 0.4) is 0 Å². The number of aromatic hydroxyl groups is 1. The molecule has 0 aromatic heterocycles. The minimum atomic E-state index is -1.10. The molecule has 0 aliphatic carbocycles. The van der Waals surface area contributed by atoms with E-state index in [1.807, 2.05) is 6.07 Å². The second-order valence-electron chi connectivity index (χ2n) is 4.58. The lowest BCUT2D eigenvalue weighted by molar-refractivity contribution is -0.141. The monoisotopic (exact) mass is 272 g/mol. The van der Waals surface area contributed by atoms with Crippen molar-refractivity contribution >= 4 is 17.5 Å². The summed E-state index contributed by atoms with van der Waals surface area (Å²) in [7, 11) is 0. The molecule has 2 atom stereocenters. The second-order valence-corrected chi connectivity index (χ2v) is 4.58. The van der Waals surface area contributed by atoms with Gasteiger partial charge < -0.3 is 10.0 Å². The molecule has 1 fully saturated rings. The largest absolute Gasteiger partial charge is 0.508 e. The number of carbonyl (C=O) groups is 3. The Morgan fingerprint density at radius 2 is 1.95 bits per heavy atom. The molecule has 20 heavy (non-hydrogen) atoms. The summed E-state index contributed by atoms with van der Waals surface area (Å²) >= 11 is 0. The lowest BCUT2D eigenvalue weighted by atomic mass is 9.90. The molecule has 6 nitrogen and oxygen atoms in total. The maximum absolute atomic E-state index is 11.9. The van der Waals surface area contributed by atoms with Crippen molar-refractivity contribution in [1.82, 2.24) is 4.90 Å². The second kappa shape index (κ2) is 5.13. The molecule has 1 amide bonds. The number of benzene rings is 1. The van der Waals surface area contributed by atoms with Crippen LogP contribution in [0.2, 0.25) is 0 Å². The summed E-state index contributed by atoms with van der Waals surface area (Å²) in [4.78, 5) is 36.6. The molecule has 0 radical (unpaired) electrons. The summed E-state index contributed by atoms with van der Waals surface area (Å²) in [5.74, 6) is -3.08. The van der Waals surface area contributed by atoms with Gasteiger partial charge in [-0.15, -0.1) is 0 Å². The number of Topliss-reactive ketones (excluding diaryl/α,β-unsaturated/α-hetero) is 2. The van der Waals surface area contributed by atoms with Crippen LogP contribution in [0.5, 0.6) is 5.75 Å². The highest BCUT2D eigenvalue weighted by Gasteiger charge is 2.50. The molecule has 0 saturated carbocycles. The van der Waals surface area contributed by atoms with E-state index >= 15 is 0 Å². The van der Waals surface area contributed by atoms with Crippen molar-refractivity contribution in [2.75, 3.05) is 6.54 Å². The predicted molar refractivity (Wildman–Crippen MR) is 67.4 cm³/mol. The van der Waals surface area contributed by atoms with E-state index in [2.05, 4.69) is 0 Å². The normalized spacial score (nSPS) is 21.9. The van der Waals surface area contributed by atoms with Crippen molar-refractivity contribution in [3.8, 4) is 11.8 Å². The highest BCUT2D eigenvalue weighted by atomic mass is 16.3. The van der Waals surface area contributed by atoms with E-state index in [1.165, 1.54) is 31.2 Å². The fraction of sp³-hybridized carbons (Fsp3) is 0.286. The molecule has 1 aliphatic heterocycles. The average Bonchev–Trinajstić information content (AvgIpc) is 2.65. The minimum absolute atomic E-state index is 0.0376. The Labute approximate surface area is 115 Å². The molecule has 6 heteroatoms. The summed E-state index contributed by atoms with van der Waals surface area (Å²) in [6, 6.07) is 6.92. The van der Waals surface area contributed by atoms with Gasteiger partial charge in [-0.25, -0.2) is 0 Å². The van der Waals surface area contributed by atoms with E-state index in [-0.39, 0.29) is 12.3 Å². The van der Waals surface area contributed by atoms with Crippen LogP contribution in [0.4, 0.5) is 0 Å². The SMILES string of the molecule is CC(=O)C1C(=O)C(=O)N(CC#N)C1c1ccc(O)cc1. The van der Waals surface area contributed by atoms with Crippen LogP contribution in [-0.2, 0) is 14.4 Å². The zero-order valence-electron chi connectivity index (χ0n) is 10.7. The van der Waals surface area contributed by atoms with Gasteiger partial charge in [-0.2, -0.15) is 5.26 Å². The van der Waals surface area contributed by atoms with Gasteiger partial charge in [0.05, 0.1) is 12.1 Å². The first-order valence-corrected chi connectivity index (χ1v) is 5.98. The summed E-state index contributed by atoms with van der Waals surface area (Å²) in [6.45, 7) is 0.985. The topological polar surface area (TPSA) is 98.5 Å². The number of ketones is 2. The number of rotatable bonds is 3. The number of amides is 1. The molecule has 1 aliphatic rings. The minimum Gasteiger partial charge on any atom is -0.508 e. The van der Waals surface area contributed by atoms with E-state index in [4.69, 9.17) is 5.26 Å². The van der Waals surface area contributed by atoms with Crippen LogP contribution >= 0.6 is 0 Å². The Morgan fingerprint density at radius 3 is 2.45 bits per heavy atom. The number of phenols is 1. The van der Waals surface area contributed by atoms with E-state index in [1.54, 1.807) is 0 Å². The smallest absolute Gasteiger partial charge is 0.292 e. The quantitative estimate of drug-likeness (QED) is 0.493. The first-order chi connectivity index (χ1) is 9.47. The van der Waals surface area contributed by atoms with Crippen LogP contribution in [0, 0.1) is 17.2 Å². The number of hydrogen-bond acceptors (Lipinski definition) is 5. The van der Waals surface area contributed by atoms with E-state index in [0.29, 0.717) is 5.56 Å². The van der Waals surface area contributed by atoms with Gasteiger partial charge in [-0.05, 0) is 24.6 Å². The Morgan fingerprint density at radius 1 is 1.35 bits per heavy atom. The molecule has 0 spiro atoms. The van der Waals surface area contributed by atoms with Crippen molar-refractivity contribution in [3.05, 3.63) is 29.8 Å². The Kier molecular flexibility index (Phi) is 3.53. The number of likely N-dealkylation sites (tertiary alicyclic amines) is 1. The van der Waals surface area contributed by atoms with Gasteiger partial charge in [0.2, 0.25) is 5.78 Å². The fourth-order valence-electron chi connectivity index (χ4n) is 2.42. The van der Waals surface area contributed by atoms with E-state index in [0.717, 1.165) is 4.90 Å². The predicted octanol–water partition coefficient (Wildman–Crippen LogP) is 0.573. The van der Waals surface area contributed by atoms with Crippen LogP contribution in [0.15, 0.2) is 24.3 Å². The van der Waals surface area contributed by atoms with Crippen LogP contribution < -0.4 is 0 Å². The average molecular weight is 272 g/mol. The third-order valence-corrected chi connectivity index (χ3v) is 3.32. The lowest BCUT2D eigenvalue weighted by Gasteiger charge is -2.24. The molecule has 1 N–H and O–H groups in total. The zero-order chi connectivity index (χ0) is 14.9. The summed E-state index contributed by atoms with van der Waals surface area (Å²) in [5.41, 5.74) is 0.539. The van der Waals surface area contributed by atoms with Crippen LogP contribution in [0.1, 0.15) is 18.5 Å².